The van der Waals surface area contributed by atoms with Gasteiger partial charge in [-0.3, -0.25) is 4.79 Å². The molecule has 1 amide bonds. The van der Waals surface area contributed by atoms with Crippen LogP contribution in [0.15, 0.2) is 48.5 Å². The molecule has 214 valence electrons. The van der Waals surface area contributed by atoms with E-state index in [9.17, 15) is 18.0 Å². The van der Waals surface area contributed by atoms with Crippen molar-refractivity contribution in [3.8, 4) is 17.2 Å². The first-order chi connectivity index (χ1) is 19.0. The Hall–Kier alpha value is -3.66. The Morgan fingerprint density at radius 1 is 1.07 bits per heavy atom. The number of hydrogen-bond acceptors (Lipinski definition) is 5. The molecule has 0 fully saturated rings. The molecule has 0 saturated heterocycles. The summed E-state index contributed by atoms with van der Waals surface area (Å²) in [5.41, 5.74) is -0.0281. The minimum absolute atomic E-state index is 0.0244. The number of nitrogens with zero attached hydrogens (tertiary/aromatic N) is 1. The number of carbonyl (C=O) groups excluding carboxylic acids is 1. The summed E-state index contributed by atoms with van der Waals surface area (Å²) in [5, 5.41) is 3.19. The Bertz CT molecular complexity index is 1380. The molecule has 1 heterocycles. The van der Waals surface area contributed by atoms with Crippen molar-refractivity contribution in [1.82, 2.24) is 0 Å². The molecule has 11 heteroatoms. The van der Waals surface area contributed by atoms with Crippen molar-refractivity contribution in [3.05, 3.63) is 76.1 Å². The zero-order chi connectivity index (χ0) is 29.0. The predicted molar refractivity (Wildman–Crippen MR) is 145 cm³/mol. The van der Waals surface area contributed by atoms with Gasteiger partial charge in [0.25, 0.3) is 5.91 Å². The molecule has 3 aromatic carbocycles. The molecule has 0 spiro atoms. The molecule has 0 saturated carbocycles. The van der Waals surface area contributed by atoms with Crippen LogP contribution < -0.4 is 24.4 Å². The summed E-state index contributed by atoms with van der Waals surface area (Å²) in [6.07, 6.45) is -2.64. The van der Waals surface area contributed by atoms with E-state index in [1.807, 2.05) is 6.92 Å². The maximum atomic E-state index is 15.2. The fourth-order valence-corrected chi connectivity index (χ4v) is 4.71. The molecule has 1 aliphatic heterocycles. The minimum atomic E-state index is -4.70. The van der Waals surface area contributed by atoms with E-state index in [4.69, 9.17) is 25.8 Å². The second-order valence-corrected chi connectivity index (χ2v) is 9.70. The van der Waals surface area contributed by atoms with Gasteiger partial charge in [-0.1, -0.05) is 31.0 Å². The first kappa shape index (κ1) is 29.3. The second kappa shape index (κ2) is 12.2. The number of hydrogen-bond donors (Lipinski definition) is 1. The summed E-state index contributed by atoms with van der Waals surface area (Å²) in [7, 11) is 2.64. The standard InChI is InChI=1S/C29H29ClF4N2O4/c1-4-5-10-40-21-14-19(13-20(15-21)38-2)35-27(22-7-6-18(30)12-24(22)31)28(37)36-9-8-17-11-26(39-3)23(16-25(17)36)29(32,33)34/h6-7,11-16,27,35H,4-5,8-10H2,1-3H3. The average molecular weight is 581 g/mol. The van der Waals surface area contributed by atoms with Gasteiger partial charge >= 0.3 is 6.18 Å². The van der Waals surface area contributed by atoms with Crippen molar-refractivity contribution in [2.75, 3.05) is 37.6 Å². The van der Waals surface area contributed by atoms with Gasteiger partial charge in [-0.25, -0.2) is 4.39 Å². The normalized spacial score (nSPS) is 13.6. The number of unbranched alkanes of at least 4 members (excludes halogenated alkanes) is 1. The lowest BCUT2D eigenvalue weighted by Crippen LogP contribution is -2.37. The highest BCUT2D eigenvalue weighted by molar-refractivity contribution is 6.30. The number of amides is 1. The Morgan fingerprint density at radius 3 is 2.48 bits per heavy atom. The molecular formula is C29H29ClF4N2O4. The topological polar surface area (TPSA) is 60.0 Å². The molecule has 3 aromatic rings. The van der Waals surface area contributed by atoms with E-state index in [1.165, 1.54) is 30.2 Å². The molecule has 0 aromatic heterocycles. The molecule has 0 bridgehead atoms. The first-order valence-electron chi connectivity index (χ1n) is 12.7. The Morgan fingerprint density at radius 2 is 1.82 bits per heavy atom. The predicted octanol–water partition coefficient (Wildman–Crippen LogP) is 7.44. The van der Waals surface area contributed by atoms with Crippen LogP contribution >= 0.6 is 11.6 Å². The van der Waals surface area contributed by atoms with E-state index in [0.717, 1.165) is 32.1 Å². The van der Waals surface area contributed by atoms with Crippen LogP contribution in [0.3, 0.4) is 0 Å². The molecule has 1 N–H and O–H groups in total. The lowest BCUT2D eigenvalue weighted by molar-refractivity contribution is -0.138. The number of anilines is 2. The molecule has 0 radical (unpaired) electrons. The van der Waals surface area contributed by atoms with Crippen LogP contribution in [0, 0.1) is 5.82 Å². The molecule has 1 aliphatic rings. The first-order valence-corrected chi connectivity index (χ1v) is 13.1. The number of halogens is 5. The van der Waals surface area contributed by atoms with Crippen LogP contribution in [0.5, 0.6) is 17.2 Å². The van der Waals surface area contributed by atoms with E-state index >= 15 is 4.39 Å². The van der Waals surface area contributed by atoms with Crippen LogP contribution in [0.4, 0.5) is 28.9 Å². The maximum Gasteiger partial charge on any atom is 0.420 e. The van der Waals surface area contributed by atoms with Crippen molar-refractivity contribution in [2.24, 2.45) is 0 Å². The summed E-state index contributed by atoms with van der Waals surface area (Å²) in [6, 6.07) is 9.73. The summed E-state index contributed by atoms with van der Waals surface area (Å²) < 4.78 is 72.6. The SMILES string of the molecule is CCCCOc1cc(NC(C(=O)N2CCc3cc(OC)c(C(F)(F)F)cc32)c2ccc(Cl)cc2F)cc(OC)c1. The van der Waals surface area contributed by atoms with Gasteiger partial charge in [-0.2, -0.15) is 13.2 Å². The third-order valence-corrected chi connectivity index (χ3v) is 6.82. The fourth-order valence-electron chi connectivity index (χ4n) is 4.56. The third-order valence-electron chi connectivity index (χ3n) is 6.58. The summed E-state index contributed by atoms with van der Waals surface area (Å²) in [6.45, 7) is 2.60. The largest absolute Gasteiger partial charge is 0.497 e. The van der Waals surface area contributed by atoms with Crippen molar-refractivity contribution < 1.29 is 36.6 Å². The molecule has 1 unspecified atom stereocenters. The quantitative estimate of drug-likeness (QED) is 0.199. The van der Waals surface area contributed by atoms with E-state index in [2.05, 4.69) is 5.32 Å². The van der Waals surface area contributed by atoms with Gasteiger partial charge in [0.2, 0.25) is 0 Å². The minimum Gasteiger partial charge on any atom is -0.497 e. The van der Waals surface area contributed by atoms with Gasteiger partial charge in [0, 0.05) is 46.7 Å². The number of nitrogens with one attached hydrogen (secondary N) is 1. The van der Waals surface area contributed by atoms with Gasteiger partial charge in [-0.15, -0.1) is 0 Å². The number of fused-ring (bicyclic) bond motifs is 1. The van der Waals surface area contributed by atoms with E-state index in [-0.39, 0.29) is 28.6 Å². The third kappa shape index (κ3) is 6.38. The van der Waals surface area contributed by atoms with Crippen LogP contribution in [-0.4, -0.2) is 33.3 Å². The summed E-state index contributed by atoms with van der Waals surface area (Å²) in [5.74, 6) is -0.800. The van der Waals surface area contributed by atoms with Crippen molar-refractivity contribution in [3.63, 3.8) is 0 Å². The molecular weight excluding hydrogens is 552 g/mol. The zero-order valence-electron chi connectivity index (χ0n) is 22.2. The van der Waals surface area contributed by atoms with Crippen LogP contribution in [0.1, 0.15) is 42.5 Å². The molecule has 6 nitrogen and oxygen atoms in total. The highest BCUT2D eigenvalue weighted by Gasteiger charge is 2.39. The molecule has 0 aliphatic carbocycles. The fraction of sp³-hybridized carbons (Fsp3) is 0.345. The lowest BCUT2D eigenvalue weighted by Gasteiger charge is -2.27. The van der Waals surface area contributed by atoms with Gasteiger partial charge in [0.1, 0.15) is 29.1 Å². The van der Waals surface area contributed by atoms with Gasteiger partial charge < -0.3 is 24.4 Å². The highest BCUT2D eigenvalue weighted by atomic mass is 35.5. The van der Waals surface area contributed by atoms with Gasteiger partial charge in [0.15, 0.2) is 0 Å². The van der Waals surface area contributed by atoms with Crippen LogP contribution in [-0.2, 0) is 17.4 Å². The highest BCUT2D eigenvalue weighted by Crippen LogP contribution is 2.43. The van der Waals surface area contributed by atoms with Crippen LogP contribution in [0.25, 0.3) is 0 Å². The lowest BCUT2D eigenvalue weighted by atomic mass is 10.0. The monoisotopic (exact) mass is 580 g/mol. The summed E-state index contributed by atoms with van der Waals surface area (Å²) >= 11 is 5.96. The number of benzene rings is 3. The summed E-state index contributed by atoms with van der Waals surface area (Å²) in [4.78, 5) is 15.2. The number of methoxy groups -OCH3 is 2. The van der Waals surface area contributed by atoms with Crippen molar-refractivity contribution in [1.29, 1.82) is 0 Å². The van der Waals surface area contributed by atoms with E-state index < -0.39 is 29.5 Å². The Labute approximate surface area is 234 Å². The van der Waals surface area contributed by atoms with Crippen LogP contribution in [0.2, 0.25) is 5.02 Å². The number of carbonyl (C=O) groups is 1. The van der Waals surface area contributed by atoms with E-state index in [1.54, 1.807) is 18.2 Å². The second-order valence-electron chi connectivity index (χ2n) is 9.26. The molecule has 1 atom stereocenters. The zero-order valence-corrected chi connectivity index (χ0v) is 23.0. The van der Waals surface area contributed by atoms with Gasteiger partial charge in [0.05, 0.1) is 26.4 Å². The Balaban J connectivity index is 1.75. The number of rotatable bonds is 10. The number of alkyl halides is 3. The average Bonchev–Trinajstić information content (AvgIpc) is 3.33. The molecule has 4 rings (SSSR count). The van der Waals surface area contributed by atoms with Gasteiger partial charge in [-0.05, 0) is 42.7 Å². The van der Waals surface area contributed by atoms with Crippen molar-refractivity contribution in [2.45, 2.75) is 38.4 Å². The van der Waals surface area contributed by atoms with Crippen molar-refractivity contribution >= 4 is 28.9 Å². The smallest absolute Gasteiger partial charge is 0.420 e. The maximum absolute atomic E-state index is 15.2. The number of ether oxygens (including phenoxy) is 3. The molecule has 40 heavy (non-hydrogen) atoms. The van der Waals surface area contributed by atoms with E-state index in [0.29, 0.717) is 35.8 Å². The Kier molecular flexibility index (Phi) is 8.98.